The summed E-state index contributed by atoms with van der Waals surface area (Å²) >= 11 is 0. The van der Waals surface area contributed by atoms with E-state index in [1.807, 2.05) is 36.2 Å². The molecule has 0 saturated carbocycles. The number of ether oxygens (including phenoxy) is 5. The number of aliphatic hydroxyl groups is 1. The van der Waals surface area contributed by atoms with Gasteiger partial charge in [-0.15, -0.1) is 0 Å². The van der Waals surface area contributed by atoms with E-state index in [9.17, 15) is 9.90 Å². The lowest BCUT2D eigenvalue weighted by atomic mass is 10.2. The summed E-state index contributed by atoms with van der Waals surface area (Å²) in [4.78, 5) is 13.6. The summed E-state index contributed by atoms with van der Waals surface area (Å²) in [6.45, 7) is 1.62. The van der Waals surface area contributed by atoms with Crippen LogP contribution in [0.1, 0.15) is 10.4 Å². The molecule has 2 aromatic rings. The maximum atomic E-state index is 11.6. The Morgan fingerprint density at radius 3 is 2.30 bits per heavy atom. The predicted molar refractivity (Wildman–Crippen MR) is 112 cm³/mol. The fourth-order valence-electron chi connectivity index (χ4n) is 2.71. The molecular formula is C22H29NO7. The Morgan fingerprint density at radius 1 is 0.967 bits per heavy atom. The monoisotopic (exact) mass is 419 g/mol. The molecule has 2 rings (SSSR count). The Morgan fingerprint density at radius 2 is 1.67 bits per heavy atom. The first-order valence-electron chi connectivity index (χ1n) is 9.49. The molecule has 0 spiro atoms. The van der Waals surface area contributed by atoms with E-state index in [1.54, 1.807) is 19.2 Å². The normalized spacial score (nSPS) is 11.7. The third-order valence-electron chi connectivity index (χ3n) is 4.34. The third kappa shape index (κ3) is 7.13. The van der Waals surface area contributed by atoms with Crippen molar-refractivity contribution in [1.29, 1.82) is 0 Å². The molecule has 0 heterocycles. The molecular weight excluding hydrogens is 390 g/mol. The smallest absolute Gasteiger partial charge is 0.337 e. The molecule has 0 aromatic heterocycles. The van der Waals surface area contributed by atoms with Gasteiger partial charge in [-0.3, -0.25) is 0 Å². The first-order valence-corrected chi connectivity index (χ1v) is 9.49. The van der Waals surface area contributed by atoms with Crippen molar-refractivity contribution in [2.45, 2.75) is 6.10 Å². The van der Waals surface area contributed by atoms with Crippen molar-refractivity contribution in [2.75, 3.05) is 54.7 Å². The second-order valence-corrected chi connectivity index (χ2v) is 6.61. The van der Waals surface area contributed by atoms with Crippen LogP contribution in [0.15, 0.2) is 42.5 Å². The highest BCUT2D eigenvalue weighted by molar-refractivity contribution is 5.90. The number of carbonyl (C=O) groups excluding carboxylic acids is 1. The molecule has 0 amide bonds. The van der Waals surface area contributed by atoms with Crippen LogP contribution >= 0.6 is 0 Å². The number of aliphatic hydroxyl groups excluding tert-OH is 1. The number of rotatable bonds is 12. The number of likely N-dealkylation sites (N-methyl/N-ethyl adjacent to an activating group) is 1. The zero-order valence-electron chi connectivity index (χ0n) is 17.8. The molecule has 0 aliphatic rings. The van der Waals surface area contributed by atoms with Crippen molar-refractivity contribution in [3.63, 3.8) is 0 Å². The molecule has 0 saturated heterocycles. The van der Waals surface area contributed by atoms with Crippen LogP contribution in [0.4, 0.5) is 0 Å². The van der Waals surface area contributed by atoms with Crippen molar-refractivity contribution in [1.82, 2.24) is 4.90 Å². The molecule has 30 heavy (non-hydrogen) atoms. The fraction of sp³-hybridized carbons (Fsp3) is 0.409. The van der Waals surface area contributed by atoms with Gasteiger partial charge in [-0.1, -0.05) is 0 Å². The molecule has 8 nitrogen and oxygen atoms in total. The van der Waals surface area contributed by atoms with E-state index >= 15 is 0 Å². The SMILES string of the molecule is COC(=O)c1ccc(OCC(O)CN(C)CCOc2ccc(OC)cc2)c(OC)c1. The summed E-state index contributed by atoms with van der Waals surface area (Å²) in [5.41, 5.74) is 0.360. The van der Waals surface area contributed by atoms with Gasteiger partial charge < -0.3 is 33.7 Å². The highest BCUT2D eigenvalue weighted by Gasteiger charge is 2.14. The first-order chi connectivity index (χ1) is 14.5. The van der Waals surface area contributed by atoms with Crippen LogP contribution in [0.2, 0.25) is 0 Å². The van der Waals surface area contributed by atoms with Gasteiger partial charge in [0.05, 0.1) is 26.9 Å². The summed E-state index contributed by atoms with van der Waals surface area (Å²) in [6, 6.07) is 12.1. The van der Waals surface area contributed by atoms with Gasteiger partial charge in [-0.05, 0) is 49.5 Å². The summed E-state index contributed by atoms with van der Waals surface area (Å²) in [5, 5.41) is 10.3. The van der Waals surface area contributed by atoms with Crippen molar-refractivity contribution < 1.29 is 33.6 Å². The minimum Gasteiger partial charge on any atom is -0.497 e. The molecule has 1 N–H and O–H groups in total. The summed E-state index contributed by atoms with van der Waals surface area (Å²) in [7, 11) is 6.31. The van der Waals surface area contributed by atoms with Crippen LogP contribution in [0.25, 0.3) is 0 Å². The number of methoxy groups -OCH3 is 3. The average Bonchev–Trinajstić information content (AvgIpc) is 2.77. The zero-order valence-corrected chi connectivity index (χ0v) is 17.8. The average molecular weight is 419 g/mol. The van der Waals surface area contributed by atoms with Crippen molar-refractivity contribution >= 4 is 5.97 Å². The standard InChI is InChI=1S/C22H29NO7/c1-23(11-12-29-19-8-6-18(26-2)7-9-19)14-17(24)15-30-20-10-5-16(22(25)28-4)13-21(20)27-3/h5-10,13,17,24H,11-12,14-15H2,1-4H3. The largest absolute Gasteiger partial charge is 0.497 e. The lowest BCUT2D eigenvalue weighted by Gasteiger charge is -2.21. The first kappa shape index (κ1) is 23.3. The fourth-order valence-corrected chi connectivity index (χ4v) is 2.71. The van der Waals surface area contributed by atoms with E-state index in [2.05, 4.69) is 0 Å². The number of nitrogens with zero attached hydrogens (tertiary/aromatic N) is 1. The van der Waals surface area contributed by atoms with Crippen LogP contribution in [0.5, 0.6) is 23.0 Å². The van der Waals surface area contributed by atoms with Gasteiger partial charge in [0.25, 0.3) is 0 Å². The molecule has 8 heteroatoms. The summed E-state index contributed by atoms with van der Waals surface area (Å²) < 4.78 is 26.4. The molecule has 0 aliphatic heterocycles. The van der Waals surface area contributed by atoms with Gasteiger partial charge in [-0.25, -0.2) is 4.79 Å². The molecule has 0 radical (unpaired) electrons. The van der Waals surface area contributed by atoms with Crippen LogP contribution < -0.4 is 18.9 Å². The van der Waals surface area contributed by atoms with Crippen LogP contribution in [-0.4, -0.2) is 76.8 Å². The van der Waals surface area contributed by atoms with E-state index in [0.29, 0.717) is 36.8 Å². The van der Waals surface area contributed by atoms with Crippen molar-refractivity contribution in [3.05, 3.63) is 48.0 Å². The number of hydrogen-bond donors (Lipinski definition) is 1. The number of benzene rings is 2. The Labute approximate surface area is 176 Å². The molecule has 164 valence electrons. The van der Waals surface area contributed by atoms with Gasteiger partial charge in [0.2, 0.25) is 0 Å². The topological polar surface area (TPSA) is 86.7 Å². The minimum absolute atomic E-state index is 0.0810. The Bertz CT molecular complexity index is 795. The maximum absolute atomic E-state index is 11.6. The third-order valence-corrected chi connectivity index (χ3v) is 4.34. The van der Waals surface area contributed by atoms with Gasteiger partial charge >= 0.3 is 5.97 Å². The number of hydrogen-bond acceptors (Lipinski definition) is 8. The van der Waals surface area contributed by atoms with E-state index in [-0.39, 0.29) is 6.61 Å². The molecule has 2 aromatic carbocycles. The lowest BCUT2D eigenvalue weighted by Crippen LogP contribution is -2.35. The van der Waals surface area contributed by atoms with Crippen molar-refractivity contribution in [3.8, 4) is 23.0 Å². The highest BCUT2D eigenvalue weighted by Crippen LogP contribution is 2.28. The Kier molecular flexibility index (Phi) is 9.24. The predicted octanol–water partition coefficient (Wildman–Crippen LogP) is 2.24. The number of carbonyl (C=O) groups is 1. The molecule has 0 fully saturated rings. The molecule has 0 aliphatic carbocycles. The van der Waals surface area contributed by atoms with Gasteiger partial charge in [0.15, 0.2) is 11.5 Å². The molecule has 1 atom stereocenters. The Hall–Kier alpha value is -2.97. The van der Waals surface area contributed by atoms with Gasteiger partial charge in [0, 0.05) is 13.1 Å². The van der Waals surface area contributed by atoms with E-state index in [0.717, 1.165) is 11.5 Å². The van der Waals surface area contributed by atoms with Crippen molar-refractivity contribution in [2.24, 2.45) is 0 Å². The van der Waals surface area contributed by atoms with E-state index in [1.165, 1.54) is 20.3 Å². The van der Waals surface area contributed by atoms with Crippen LogP contribution in [0.3, 0.4) is 0 Å². The maximum Gasteiger partial charge on any atom is 0.337 e. The summed E-state index contributed by atoms with van der Waals surface area (Å²) in [5.74, 6) is 1.91. The quantitative estimate of drug-likeness (QED) is 0.524. The van der Waals surface area contributed by atoms with Gasteiger partial charge in [0.1, 0.15) is 30.8 Å². The Balaban J connectivity index is 1.75. The van der Waals surface area contributed by atoms with Crippen LogP contribution in [-0.2, 0) is 4.74 Å². The second-order valence-electron chi connectivity index (χ2n) is 6.61. The van der Waals surface area contributed by atoms with Gasteiger partial charge in [-0.2, -0.15) is 0 Å². The minimum atomic E-state index is -0.707. The highest BCUT2D eigenvalue weighted by atomic mass is 16.5. The van der Waals surface area contributed by atoms with E-state index < -0.39 is 12.1 Å². The summed E-state index contributed by atoms with van der Waals surface area (Å²) in [6.07, 6.45) is -0.707. The van der Waals surface area contributed by atoms with Crippen LogP contribution in [0, 0.1) is 0 Å². The molecule has 1 unspecified atom stereocenters. The number of esters is 1. The zero-order chi connectivity index (χ0) is 21.9. The van der Waals surface area contributed by atoms with E-state index in [4.69, 9.17) is 23.7 Å². The lowest BCUT2D eigenvalue weighted by molar-refractivity contribution is 0.0598. The molecule has 0 bridgehead atoms. The second kappa shape index (κ2) is 11.9.